The third kappa shape index (κ3) is 15.8. The summed E-state index contributed by atoms with van der Waals surface area (Å²) in [6, 6.07) is 2.82. The van der Waals surface area contributed by atoms with Crippen LogP contribution < -0.4 is 34.3 Å². The van der Waals surface area contributed by atoms with Crippen LogP contribution in [0.4, 0.5) is 0 Å². The Morgan fingerprint density at radius 1 is 0.875 bits per heavy atom. The van der Waals surface area contributed by atoms with Crippen molar-refractivity contribution < 1.29 is 59.9 Å². The molecule has 2 heterocycles. The average Bonchev–Trinajstić information content (AvgIpc) is 2.68. The number of hydrogen-bond donors (Lipinski definition) is 1. The maximum atomic E-state index is 11.1. The molecule has 0 saturated heterocycles. The van der Waals surface area contributed by atoms with Crippen molar-refractivity contribution in [2.24, 2.45) is 0 Å². The van der Waals surface area contributed by atoms with Crippen LogP contribution in [0, 0.1) is 0 Å². The van der Waals surface area contributed by atoms with E-state index in [1.807, 2.05) is 0 Å². The first kappa shape index (κ1) is 33.2. The van der Waals surface area contributed by atoms with E-state index in [0.29, 0.717) is 19.8 Å². The Bertz CT molecular complexity index is 833. The van der Waals surface area contributed by atoms with Crippen LogP contribution >= 0.6 is 34.8 Å². The molecule has 14 heteroatoms. The van der Waals surface area contributed by atoms with Gasteiger partial charge in [0.25, 0.3) is 0 Å². The van der Waals surface area contributed by atoms with Crippen molar-refractivity contribution in [2.45, 2.75) is 13.8 Å². The van der Waals surface area contributed by atoms with Gasteiger partial charge in [-0.25, -0.2) is 15.0 Å². The van der Waals surface area contributed by atoms with Gasteiger partial charge >= 0.3 is 29.6 Å². The second kappa shape index (κ2) is 19.5. The number of ether oxygens (including phenoxy) is 3. The number of carbonyl (C=O) groups is 2. The van der Waals surface area contributed by atoms with E-state index in [1.54, 1.807) is 14.2 Å². The van der Waals surface area contributed by atoms with Gasteiger partial charge < -0.3 is 20.7 Å². The number of ketones is 2. The molecule has 0 spiro atoms. The normalized spacial score (nSPS) is 9.38. The fourth-order valence-electron chi connectivity index (χ4n) is 1.54. The minimum atomic E-state index is -0.184. The zero-order valence-electron chi connectivity index (χ0n) is 19.4. The summed E-state index contributed by atoms with van der Waals surface area (Å²) >= 11 is 16.6. The van der Waals surface area contributed by atoms with E-state index in [-0.39, 0.29) is 82.1 Å². The van der Waals surface area contributed by atoms with Crippen LogP contribution in [0.15, 0.2) is 12.1 Å². The van der Waals surface area contributed by atoms with E-state index >= 15 is 0 Å². The molecular weight excluding hydrogens is 498 g/mol. The van der Waals surface area contributed by atoms with Crippen molar-refractivity contribution in [1.82, 2.24) is 19.9 Å². The number of carbonyl (C=O) groups excluding carboxylic acids is 2. The summed E-state index contributed by atoms with van der Waals surface area (Å²) in [5, 5.41) is 8.10. The van der Waals surface area contributed by atoms with Crippen molar-refractivity contribution >= 4 is 46.4 Å². The van der Waals surface area contributed by atoms with E-state index in [0.717, 1.165) is 0 Å². The van der Waals surface area contributed by atoms with Crippen LogP contribution in [0.5, 0.6) is 5.88 Å². The van der Waals surface area contributed by atoms with Gasteiger partial charge in [0.05, 0.1) is 19.8 Å². The van der Waals surface area contributed by atoms with Gasteiger partial charge in [0.1, 0.15) is 23.1 Å². The monoisotopic (exact) mass is 520 g/mol. The minimum absolute atomic E-state index is 0. The number of Topliss-reactive ketones (excluding diaryl/α,β-unsaturated/α-hetero) is 2. The van der Waals surface area contributed by atoms with Gasteiger partial charge in [-0.2, -0.15) is 4.98 Å². The molecule has 0 aromatic carbocycles. The molecule has 2 rings (SSSR count). The molecule has 2 aromatic heterocycles. The zero-order chi connectivity index (χ0) is 23.8. The van der Waals surface area contributed by atoms with Crippen molar-refractivity contribution in [3.8, 4) is 5.88 Å². The van der Waals surface area contributed by atoms with Gasteiger partial charge in [0.15, 0.2) is 11.6 Å². The van der Waals surface area contributed by atoms with Gasteiger partial charge in [0.2, 0.25) is 16.4 Å². The summed E-state index contributed by atoms with van der Waals surface area (Å²) < 4.78 is 14.4. The van der Waals surface area contributed by atoms with Crippen LogP contribution in [-0.2, 0) is 9.47 Å². The van der Waals surface area contributed by atoms with Gasteiger partial charge in [-0.15, -0.1) is 0 Å². The van der Waals surface area contributed by atoms with Crippen LogP contribution in [0.1, 0.15) is 36.3 Å². The Kier molecular flexibility index (Phi) is 20.3. The number of nitrogens with zero attached hydrogens (tertiary/aromatic N) is 4. The molecule has 174 valence electrons. The molecule has 1 N–H and O–H groups in total. The molecule has 0 atom stereocenters. The molecule has 0 saturated carbocycles. The summed E-state index contributed by atoms with van der Waals surface area (Å²) in [7, 11) is 3.12. The van der Waals surface area contributed by atoms with Crippen LogP contribution in [0.2, 0.25) is 15.7 Å². The minimum Gasteiger partial charge on any atom is -1.00 e. The molecule has 10 nitrogen and oxygen atoms in total. The Morgan fingerprint density at radius 2 is 1.38 bits per heavy atom. The predicted molar refractivity (Wildman–Crippen MR) is 117 cm³/mol. The first-order valence-corrected chi connectivity index (χ1v) is 9.76. The maximum Gasteiger partial charge on any atom is 1.00 e. The van der Waals surface area contributed by atoms with E-state index in [4.69, 9.17) is 49.4 Å². The smallest absolute Gasteiger partial charge is 1.00 e. The molecular formula is C18H24Cl3N4NaO6. The molecule has 0 fully saturated rings. The third-order valence-electron chi connectivity index (χ3n) is 2.90. The van der Waals surface area contributed by atoms with E-state index in [9.17, 15) is 9.59 Å². The second-order valence-corrected chi connectivity index (χ2v) is 6.44. The number of aliphatic hydroxyl groups is 1. The van der Waals surface area contributed by atoms with E-state index < -0.39 is 0 Å². The summed E-state index contributed by atoms with van der Waals surface area (Å²) in [6.07, 6.45) is 0. The largest absolute Gasteiger partial charge is 1.00 e. The van der Waals surface area contributed by atoms with Gasteiger partial charge in [0, 0.05) is 40.2 Å². The quantitative estimate of drug-likeness (QED) is 0.167. The zero-order valence-corrected chi connectivity index (χ0v) is 22.7. The number of methoxy groups -OCH3 is 2. The van der Waals surface area contributed by atoms with E-state index in [1.165, 1.54) is 26.0 Å². The Balaban J connectivity index is -0.000000443. The van der Waals surface area contributed by atoms with Crippen molar-refractivity contribution in [1.29, 1.82) is 0 Å². The summed E-state index contributed by atoms with van der Waals surface area (Å²) in [4.78, 5) is 36.6. The van der Waals surface area contributed by atoms with Gasteiger partial charge in [-0.1, -0.05) is 11.6 Å². The van der Waals surface area contributed by atoms with E-state index in [2.05, 4.69) is 24.7 Å². The molecule has 0 aliphatic carbocycles. The molecule has 2 aromatic rings. The molecule has 32 heavy (non-hydrogen) atoms. The average molecular weight is 522 g/mol. The number of aromatic nitrogens is 4. The number of aliphatic hydroxyl groups excluding tert-OH is 1. The molecule has 0 amide bonds. The van der Waals surface area contributed by atoms with Gasteiger partial charge in [-0.3, -0.25) is 9.59 Å². The number of rotatable bonds is 8. The third-order valence-corrected chi connectivity index (χ3v) is 3.43. The fraction of sp³-hybridized carbons (Fsp3) is 0.444. The summed E-state index contributed by atoms with van der Waals surface area (Å²) in [5.74, 6) is -0.0932. The molecule has 0 bridgehead atoms. The van der Waals surface area contributed by atoms with Gasteiger partial charge in [-0.05, 0) is 23.2 Å². The number of halogens is 3. The van der Waals surface area contributed by atoms with Crippen LogP contribution in [0.3, 0.4) is 0 Å². The fourth-order valence-corrected chi connectivity index (χ4v) is 2.13. The van der Waals surface area contributed by atoms with Crippen molar-refractivity contribution in [2.75, 3.05) is 40.6 Å². The Morgan fingerprint density at radius 3 is 1.78 bits per heavy atom. The summed E-state index contributed by atoms with van der Waals surface area (Å²) in [5.41, 5.74) is 0.470. The first-order valence-electron chi connectivity index (χ1n) is 8.62. The second-order valence-electron chi connectivity index (χ2n) is 5.38. The van der Waals surface area contributed by atoms with Crippen molar-refractivity contribution in [3.63, 3.8) is 0 Å². The SMILES string of the molecule is CC(=O)c1cc(Cl)nc(Cl)n1.COCCO.COCCOc1cc(C(C)=O)nc(Cl)n1.[H-].[Na+]. The first-order chi connectivity index (χ1) is 14.6. The van der Waals surface area contributed by atoms with Crippen LogP contribution in [-0.4, -0.2) is 77.3 Å². The topological polar surface area (TPSA) is 134 Å². The molecule has 0 unspecified atom stereocenters. The number of hydrogen-bond acceptors (Lipinski definition) is 10. The maximum absolute atomic E-state index is 11.1. The predicted octanol–water partition coefficient (Wildman–Crippen LogP) is 0.0854. The Labute approximate surface area is 224 Å². The Hall–Kier alpha value is -0.950. The summed E-state index contributed by atoms with van der Waals surface area (Å²) in [6.45, 7) is 4.14. The molecule has 0 aliphatic heterocycles. The molecule has 0 radical (unpaired) electrons. The van der Waals surface area contributed by atoms with Crippen molar-refractivity contribution in [3.05, 3.63) is 39.2 Å². The van der Waals surface area contributed by atoms with Crippen LogP contribution in [0.25, 0.3) is 0 Å². The molecule has 0 aliphatic rings. The standard InChI is InChI=1S/C9H11ClN2O3.C6H4Cl2N2O.C3H8O2.Na.H/c1-6(13)7-5-8(12-9(10)11-7)15-4-3-14-2;1-3(11)4-2-5(7)10-6(8)9-4;1-5-3-2-4;;/h5H,3-4H2,1-2H3;2H,1H3;4H,2-3H2,1H3;;/q;;;+1;-1.